The fourth-order valence-corrected chi connectivity index (χ4v) is 3.32. The molecule has 4 heteroatoms. The van der Waals surface area contributed by atoms with Gasteiger partial charge in [0.15, 0.2) is 0 Å². The number of phenolic OH excluding ortho intramolecular Hbond substituents is 1. The van der Waals surface area contributed by atoms with Crippen LogP contribution in [0.4, 0.5) is 0 Å². The molecule has 112 valence electrons. The van der Waals surface area contributed by atoms with Crippen molar-refractivity contribution in [3.63, 3.8) is 0 Å². The van der Waals surface area contributed by atoms with Gasteiger partial charge in [-0.15, -0.1) is 0 Å². The van der Waals surface area contributed by atoms with Gasteiger partial charge in [-0.2, -0.15) is 0 Å². The Bertz CT molecular complexity index is 442. The van der Waals surface area contributed by atoms with Gasteiger partial charge < -0.3 is 15.3 Å². The molecule has 1 aromatic carbocycles. The van der Waals surface area contributed by atoms with E-state index in [1.165, 1.54) is 32.1 Å². The number of hydrogen-bond acceptors (Lipinski definition) is 3. The van der Waals surface area contributed by atoms with Crippen LogP contribution in [-0.4, -0.2) is 36.2 Å². The van der Waals surface area contributed by atoms with Gasteiger partial charge in [-0.1, -0.05) is 43.0 Å². The summed E-state index contributed by atoms with van der Waals surface area (Å²) in [4.78, 5) is 2.36. The molecule has 2 N–H and O–H groups in total. The first kappa shape index (κ1) is 15.6. The second-order valence-electron chi connectivity index (χ2n) is 6.03. The van der Waals surface area contributed by atoms with Gasteiger partial charge in [0.1, 0.15) is 5.75 Å². The molecule has 0 heterocycles. The first-order chi connectivity index (χ1) is 9.55. The van der Waals surface area contributed by atoms with Gasteiger partial charge in [-0.25, -0.2) is 0 Å². The van der Waals surface area contributed by atoms with Crippen molar-refractivity contribution in [3.05, 3.63) is 28.8 Å². The molecule has 1 aliphatic rings. The number of phenols is 1. The van der Waals surface area contributed by atoms with Gasteiger partial charge in [-0.3, -0.25) is 0 Å². The molecule has 1 aliphatic carbocycles. The largest absolute Gasteiger partial charge is 0.506 e. The molecular formula is C16H25ClN2O. The number of aromatic hydroxyl groups is 1. The summed E-state index contributed by atoms with van der Waals surface area (Å²) < 4.78 is 0. The summed E-state index contributed by atoms with van der Waals surface area (Å²) in [6, 6.07) is 5.50. The highest BCUT2D eigenvalue weighted by Gasteiger charge is 2.33. The third-order valence-corrected chi connectivity index (χ3v) is 4.88. The predicted octanol–water partition coefficient (Wildman–Crippen LogP) is 3.40. The Kier molecular flexibility index (Phi) is 5.30. The summed E-state index contributed by atoms with van der Waals surface area (Å²) >= 11 is 5.93. The fraction of sp³-hybridized carbons (Fsp3) is 0.625. The summed E-state index contributed by atoms with van der Waals surface area (Å²) in [5.74, 6) is 0.198. The Morgan fingerprint density at radius 3 is 2.60 bits per heavy atom. The van der Waals surface area contributed by atoms with Crippen molar-refractivity contribution in [2.75, 3.05) is 20.6 Å². The van der Waals surface area contributed by atoms with Gasteiger partial charge in [0, 0.05) is 24.2 Å². The smallest absolute Gasteiger partial charge is 0.138 e. The van der Waals surface area contributed by atoms with E-state index in [2.05, 4.69) is 24.3 Å². The highest BCUT2D eigenvalue weighted by atomic mass is 35.5. The van der Waals surface area contributed by atoms with E-state index in [1.807, 2.05) is 12.1 Å². The lowest BCUT2D eigenvalue weighted by molar-refractivity contribution is 0.0983. The maximum absolute atomic E-state index is 9.93. The molecule has 1 saturated carbocycles. The second-order valence-corrected chi connectivity index (χ2v) is 6.44. The van der Waals surface area contributed by atoms with Gasteiger partial charge in [-0.05, 0) is 33.0 Å². The predicted molar refractivity (Wildman–Crippen MR) is 84.3 cm³/mol. The molecule has 0 saturated heterocycles. The average molecular weight is 297 g/mol. The zero-order valence-corrected chi connectivity index (χ0v) is 13.2. The zero-order chi connectivity index (χ0) is 14.6. The Morgan fingerprint density at radius 2 is 1.95 bits per heavy atom. The molecule has 1 aromatic rings. The molecule has 0 radical (unpaired) electrons. The monoisotopic (exact) mass is 296 g/mol. The fourth-order valence-electron chi connectivity index (χ4n) is 3.12. The van der Waals surface area contributed by atoms with E-state index in [1.54, 1.807) is 6.07 Å². The van der Waals surface area contributed by atoms with E-state index >= 15 is 0 Å². The third-order valence-electron chi connectivity index (χ3n) is 4.57. The van der Waals surface area contributed by atoms with Crippen LogP contribution >= 0.6 is 11.6 Å². The van der Waals surface area contributed by atoms with E-state index < -0.39 is 0 Å². The van der Waals surface area contributed by atoms with Crippen molar-refractivity contribution in [2.45, 2.75) is 44.2 Å². The average Bonchev–Trinajstić information content (AvgIpc) is 2.44. The van der Waals surface area contributed by atoms with Crippen LogP contribution < -0.4 is 5.32 Å². The Balaban J connectivity index is 1.95. The number of rotatable bonds is 5. The lowest BCUT2D eigenvalue weighted by atomic mass is 9.80. The Hall–Kier alpha value is -0.770. The van der Waals surface area contributed by atoms with Crippen LogP contribution in [0.1, 0.15) is 37.7 Å². The highest BCUT2D eigenvalue weighted by Crippen LogP contribution is 2.32. The number of nitrogens with zero attached hydrogens (tertiary/aromatic N) is 1. The summed E-state index contributed by atoms with van der Waals surface area (Å²) in [5.41, 5.74) is 1.12. The van der Waals surface area contributed by atoms with Crippen molar-refractivity contribution >= 4 is 11.6 Å². The van der Waals surface area contributed by atoms with E-state index in [4.69, 9.17) is 11.6 Å². The molecule has 0 spiro atoms. The molecule has 3 nitrogen and oxygen atoms in total. The quantitative estimate of drug-likeness (QED) is 0.874. The van der Waals surface area contributed by atoms with Crippen molar-refractivity contribution < 1.29 is 5.11 Å². The number of hydrogen-bond donors (Lipinski definition) is 2. The normalized spacial score (nSPS) is 18.4. The van der Waals surface area contributed by atoms with Crippen molar-refractivity contribution in [3.8, 4) is 5.75 Å². The van der Waals surface area contributed by atoms with Gasteiger partial charge in [0.25, 0.3) is 0 Å². The maximum atomic E-state index is 9.93. The van der Waals surface area contributed by atoms with Crippen molar-refractivity contribution in [1.29, 1.82) is 0 Å². The second kappa shape index (κ2) is 6.79. The van der Waals surface area contributed by atoms with Crippen molar-refractivity contribution in [2.24, 2.45) is 0 Å². The first-order valence-electron chi connectivity index (χ1n) is 7.40. The minimum Gasteiger partial charge on any atom is -0.506 e. The molecule has 0 aromatic heterocycles. The lowest BCUT2D eigenvalue weighted by Gasteiger charge is -2.43. The SMILES string of the molecule is CN(C)C1(CNCc2cccc(Cl)c2O)CCCCC1. The topological polar surface area (TPSA) is 35.5 Å². The maximum Gasteiger partial charge on any atom is 0.138 e. The Morgan fingerprint density at radius 1 is 1.25 bits per heavy atom. The minimum absolute atomic E-state index is 0.198. The summed E-state index contributed by atoms with van der Waals surface area (Å²) in [5, 5.41) is 13.8. The van der Waals surface area contributed by atoms with Gasteiger partial charge in [0.05, 0.1) is 5.02 Å². The summed E-state index contributed by atoms with van der Waals surface area (Å²) in [6.07, 6.45) is 6.46. The summed E-state index contributed by atoms with van der Waals surface area (Å²) in [6.45, 7) is 1.61. The van der Waals surface area contributed by atoms with Gasteiger partial charge in [0.2, 0.25) is 0 Å². The van der Waals surface area contributed by atoms with Crippen LogP contribution in [-0.2, 0) is 6.54 Å². The number of para-hydroxylation sites is 1. The number of nitrogens with one attached hydrogen (secondary N) is 1. The molecule has 0 bridgehead atoms. The highest BCUT2D eigenvalue weighted by molar-refractivity contribution is 6.32. The van der Waals surface area contributed by atoms with Crippen LogP contribution in [0.15, 0.2) is 18.2 Å². The van der Waals surface area contributed by atoms with Crippen LogP contribution in [0.3, 0.4) is 0 Å². The van der Waals surface area contributed by atoms with E-state index in [-0.39, 0.29) is 11.3 Å². The molecular weight excluding hydrogens is 272 g/mol. The standard InChI is InChI=1S/C16H25ClN2O/c1-19(2)16(9-4-3-5-10-16)12-18-11-13-7-6-8-14(17)15(13)20/h6-8,18,20H,3-5,9-12H2,1-2H3. The lowest BCUT2D eigenvalue weighted by Crippen LogP contribution is -2.52. The molecule has 1 fully saturated rings. The third kappa shape index (κ3) is 3.46. The zero-order valence-electron chi connectivity index (χ0n) is 12.5. The molecule has 0 aliphatic heterocycles. The molecule has 2 rings (SSSR count). The number of benzene rings is 1. The van der Waals surface area contributed by atoms with Crippen LogP contribution in [0.5, 0.6) is 5.75 Å². The van der Waals surface area contributed by atoms with Crippen LogP contribution in [0.25, 0.3) is 0 Å². The van der Waals surface area contributed by atoms with Crippen LogP contribution in [0, 0.1) is 0 Å². The number of likely N-dealkylation sites (N-methyl/N-ethyl adjacent to an activating group) is 1. The van der Waals surface area contributed by atoms with Crippen molar-refractivity contribution in [1.82, 2.24) is 10.2 Å². The minimum atomic E-state index is 0.198. The van der Waals surface area contributed by atoms with Gasteiger partial charge >= 0.3 is 0 Å². The van der Waals surface area contributed by atoms with Crippen LogP contribution in [0.2, 0.25) is 5.02 Å². The summed E-state index contributed by atoms with van der Waals surface area (Å²) in [7, 11) is 4.34. The number of halogens is 1. The molecule has 0 amide bonds. The first-order valence-corrected chi connectivity index (χ1v) is 7.77. The molecule has 20 heavy (non-hydrogen) atoms. The van der Waals surface area contributed by atoms with E-state index in [9.17, 15) is 5.11 Å². The van der Waals surface area contributed by atoms with E-state index in [0.29, 0.717) is 11.6 Å². The Labute approximate surface area is 126 Å². The van der Waals surface area contributed by atoms with E-state index in [0.717, 1.165) is 12.1 Å². The molecule has 0 unspecified atom stereocenters. The molecule has 0 atom stereocenters.